The lowest BCUT2D eigenvalue weighted by Gasteiger charge is -2.11. The van der Waals surface area contributed by atoms with Crippen LogP contribution in [0.3, 0.4) is 0 Å². The van der Waals surface area contributed by atoms with Crippen molar-refractivity contribution >= 4 is 28.5 Å². The van der Waals surface area contributed by atoms with E-state index in [4.69, 9.17) is 16.0 Å². The Hall–Kier alpha value is -2.59. The fraction of sp³-hybridized carbons (Fsp3) is 0.158. The number of carbonyl (C=O) groups excluding carboxylic acids is 1. The smallest absolute Gasteiger partial charge is 0.336 e. The molecule has 1 N–H and O–H groups in total. The molecule has 0 bridgehead atoms. The predicted octanol–water partition coefficient (Wildman–Crippen LogP) is 3.99. The van der Waals surface area contributed by atoms with Gasteiger partial charge in [-0.05, 0) is 48.7 Å². The van der Waals surface area contributed by atoms with Gasteiger partial charge in [0, 0.05) is 18.0 Å². The number of hydrogen-bond donors (Lipinski definition) is 1. The van der Waals surface area contributed by atoms with E-state index in [0.717, 1.165) is 22.1 Å². The average molecular weight is 342 g/mol. The molecule has 1 heterocycles. The minimum absolute atomic E-state index is 0.218. The molecule has 1 aromatic heterocycles. The van der Waals surface area contributed by atoms with Gasteiger partial charge in [-0.15, -0.1) is 0 Å². The number of aryl methyl sites for hydroxylation is 2. The first-order valence-corrected chi connectivity index (χ1v) is 7.90. The topological polar surface area (TPSA) is 59.3 Å². The number of carbonyl (C=O) groups is 1. The van der Waals surface area contributed by atoms with Crippen molar-refractivity contribution in [2.45, 2.75) is 20.4 Å². The first kappa shape index (κ1) is 16.3. The van der Waals surface area contributed by atoms with E-state index in [1.165, 1.54) is 6.07 Å². The highest BCUT2D eigenvalue weighted by Crippen LogP contribution is 2.23. The Kier molecular flexibility index (Phi) is 4.40. The molecule has 2 aromatic carbocycles. The second kappa shape index (κ2) is 6.49. The van der Waals surface area contributed by atoms with Crippen molar-refractivity contribution in [3.05, 3.63) is 80.2 Å². The SMILES string of the molecule is Cc1cc(C)c2c(CNC(=O)c3ccccc3Cl)cc(=O)oc2c1. The number of nitrogens with one attached hydrogen (secondary N) is 1. The molecule has 3 aromatic rings. The molecule has 122 valence electrons. The van der Waals surface area contributed by atoms with Gasteiger partial charge in [-0.25, -0.2) is 4.79 Å². The third-order valence-corrected chi connectivity index (χ3v) is 4.15. The summed E-state index contributed by atoms with van der Waals surface area (Å²) in [5, 5.41) is 4.05. The van der Waals surface area contributed by atoms with E-state index >= 15 is 0 Å². The molecule has 0 saturated carbocycles. The first-order valence-electron chi connectivity index (χ1n) is 7.52. The molecule has 5 heteroatoms. The van der Waals surface area contributed by atoms with Crippen LogP contribution in [-0.2, 0) is 6.54 Å². The Balaban J connectivity index is 1.95. The van der Waals surface area contributed by atoms with Crippen LogP contribution in [0.1, 0.15) is 27.0 Å². The molecule has 0 aliphatic carbocycles. The Morgan fingerprint density at radius 3 is 2.67 bits per heavy atom. The Morgan fingerprint density at radius 1 is 1.17 bits per heavy atom. The van der Waals surface area contributed by atoms with Crippen LogP contribution in [-0.4, -0.2) is 5.91 Å². The number of rotatable bonds is 3. The van der Waals surface area contributed by atoms with Crippen molar-refractivity contribution in [1.29, 1.82) is 0 Å². The lowest BCUT2D eigenvalue weighted by molar-refractivity contribution is 0.0951. The van der Waals surface area contributed by atoms with Gasteiger partial charge in [0.15, 0.2) is 0 Å². The van der Waals surface area contributed by atoms with Gasteiger partial charge in [0.2, 0.25) is 0 Å². The minimum atomic E-state index is -0.436. The van der Waals surface area contributed by atoms with E-state index < -0.39 is 5.63 Å². The van der Waals surface area contributed by atoms with Crippen LogP contribution in [0.2, 0.25) is 5.02 Å². The van der Waals surface area contributed by atoms with Crippen LogP contribution in [0.4, 0.5) is 0 Å². The summed E-state index contributed by atoms with van der Waals surface area (Å²) < 4.78 is 5.29. The highest BCUT2D eigenvalue weighted by Gasteiger charge is 2.12. The molecule has 0 aliphatic rings. The molecule has 0 radical (unpaired) electrons. The molecule has 0 unspecified atom stereocenters. The minimum Gasteiger partial charge on any atom is -0.423 e. The highest BCUT2D eigenvalue weighted by atomic mass is 35.5. The number of fused-ring (bicyclic) bond motifs is 1. The molecule has 0 aliphatic heterocycles. The van der Waals surface area contributed by atoms with Crippen molar-refractivity contribution in [2.24, 2.45) is 0 Å². The quantitative estimate of drug-likeness (QED) is 0.733. The predicted molar refractivity (Wildman–Crippen MR) is 94.6 cm³/mol. The van der Waals surface area contributed by atoms with Crippen molar-refractivity contribution in [2.75, 3.05) is 0 Å². The van der Waals surface area contributed by atoms with Crippen LogP contribution in [0, 0.1) is 13.8 Å². The molecule has 0 saturated heterocycles. The zero-order valence-electron chi connectivity index (χ0n) is 13.4. The normalized spacial score (nSPS) is 10.8. The summed E-state index contributed by atoms with van der Waals surface area (Å²) >= 11 is 6.04. The van der Waals surface area contributed by atoms with Gasteiger partial charge in [-0.3, -0.25) is 4.79 Å². The first-order chi connectivity index (χ1) is 11.5. The van der Waals surface area contributed by atoms with Crippen molar-refractivity contribution in [1.82, 2.24) is 5.32 Å². The third kappa shape index (κ3) is 3.19. The van der Waals surface area contributed by atoms with Crippen LogP contribution in [0.25, 0.3) is 11.0 Å². The standard InChI is InChI=1S/C19H16ClNO3/c1-11-7-12(2)18-13(9-17(22)24-16(18)8-11)10-21-19(23)14-5-3-4-6-15(14)20/h3-9H,10H2,1-2H3,(H,21,23). The van der Waals surface area contributed by atoms with E-state index in [1.54, 1.807) is 24.3 Å². The maximum atomic E-state index is 12.3. The summed E-state index contributed by atoms with van der Waals surface area (Å²) in [4.78, 5) is 24.1. The van der Waals surface area contributed by atoms with E-state index in [2.05, 4.69) is 5.32 Å². The van der Waals surface area contributed by atoms with E-state index in [1.807, 2.05) is 26.0 Å². The number of benzene rings is 2. The van der Waals surface area contributed by atoms with Gasteiger partial charge in [0.25, 0.3) is 5.91 Å². The Labute approximate surface area is 144 Å². The summed E-state index contributed by atoms with van der Waals surface area (Å²) in [5.74, 6) is -0.285. The molecular formula is C19H16ClNO3. The van der Waals surface area contributed by atoms with Crippen LogP contribution >= 0.6 is 11.6 Å². The molecule has 4 nitrogen and oxygen atoms in total. The number of amides is 1. The largest absolute Gasteiger partial charge is 0.423 e. The fourth-order valence-electron chi connectivity index (χ4n) is 2.83. The van der Waals surface area contributed by atoms with Gasteiger partial charge >= 0.3 is 5.63 Å². The summed E-state index contributed by atoms with van der Waals surface area (Å²) in [7, 11) is 0. The molecule has 0 spiro atoms. The van der Waals surface area contributed by atoms with Crippen LogP contribution in [0.5, 0.6) is 0 Å². The molecule has 0 atom stereocenters. The summed E-state index contributed by atoms with van der Waals surface area (Å²) in [6.07, 6.45) is 0. The van der Waals surface area contributed by atoms with Gasteiger partial charge in [0.05, 0.1) is 10.6 Å². The van der Waals surface area contributed by atoms with E-state index in [0.29, 0.717) is 16.2 Å². The van der Waals surface area contributed by atoms with Gasteiger partial charge in [0.1, 0.15) is 5.58 Å². The molecule has 3 rings (SSSR count). The third-order valence-electron chi connectivity index (χ3n) is 3.83. The van der Waals surface area contributed by atoms with Gasteiger partial charge in [-0.1, -0.05) is 29.8 Å². The zero-order chi connectivity index (χ0) is 17.3. The Morgan fingerprint density at radius 2 is 1.92 bits per heavy atom. The molecule has 24 heavy (non-hydrogen) atoms. The van der Waals surface area contributed by atoms with Crippen molar-refractivity contribution in [3.8, 4) is 0 Å². The summed E-state index contributed by atoms with van der Waals surface area (Å²) in [6.45, 7) is 4.11. The molecular weight excluding hydrogens is 326 g/mol. The van der Waals surface area contributed by atoms with Gasteiger partial charge < -0.3 is 9.73 Å². The zero-order valence-corrected chi connectivity index (χ0v) is 14.1. The van der Waals surface area contributed by atoms with E-state index in [-0.39, 0.29) is 12.5 Å². The molecule has 1 amide bonds. The van der Waals surface area contributed by atoms with E-state index in [9.17, 15) is 9.59 Å². The monoisotopic (exact) mass is 341 g/mol. The number of hydrogen-bond acceptors (Lipinski definition) is 3. The van der Waals surface area contributed by atoms with Crippen molar-refractivity contribution < 1.29 is 9.21 Å². The Bertz CT molecular complexity index is 992. The van der Waals surface area contributed by atoms with Crippen molar-refractivity contribution in [3.63, 3.8) is 0 Å². The van der Waals surface area contributed by atoms with Crippen LogP contribution < -0.4 is 10.9 Å². The maximum absolute atomic E-state index is 12.3. The summed E-state index contributed by atoms with van der Waals surface area (Å²) in [6, 6.07) is 12.1. The lowest BCUT2D eigenvalue weighted by atomic mass is 10.0. The maximum Gasteiger partial charge on any atom is 0.336 e. The highest BCUT2D eigenvalue weighted by molar-refractivity contribution is 6.33. The van der Waals surface area contributed by atoms with Gasteiger partial charge in [-0.2, -0.15) is 0 Å². The lowest BCUT2D eigenvalue weighted by Crippen LogP contribution is -2.24. The molecule has 0 fully saturated rings. The second-order valence-corrected chi connectivity index (χ2v) is 6.12. The second-order valence-electron chi connectivity index (χ2n) is 5.71. The fourth-order valence-corrected chi connectivity index (χ4v) is 3.05. The summed E-state index contributed by atoms with van der Waals surface area (Å²) in [5.41, 5.74) is 3.23. The van der Waals surface area contributed by atoms with Crippen LogP contribution in [0.15, 0.2) is 51.7 Å². The average Bonchev–Trinajstić information content (AvgIpc) is 2.51. The number of halogens is 1.